The summed E-state index contributed by atoms with van der Waals surface area (Å²) in [6.45, 7) is 0.649. The lowest BCUT2D eigenvalue weighted by atomic mass is 10.1. The fourth-order valence-corrected chi connectivity index (χ4v) is 1.81. The lowest BCUT2D eigenvalue weighted by molar-refractivity contribution is 0.303. The van der Waals surface area contributed by atoms with Gasteiger partial charge in [0.15, 0.2) is 0 Å². The molecule has 0 aliphatic heterocycles. The van der Waals surface area contributed by atoms with Gasteiger partial charge < -0.3 is 10.5 Å². The van der Waals surface area contributed by atoms with Gasteiger partial charge in [0.2, 0.25) is 0 Å². The van der Waals surface area contributed by atoms with Gasteiger partial charge in [-0.3, -0.25) is 0 Å². The molecular weight excluding hydrogens is 248 g/mol. The monoisotopic (exact) mass is 263 g/mol. The van der Waals surface area contributed by atoms with Crippen LogP contribution in [0.25, 0.3) is 0 Å². The van der Waals surface area contributed by atoms with Gasteiger partial charge in [-0.1, -0.05) is 12.1 Å². The zero-order valence-electron chi connectivity index (χ0n) is 10.4. The molecule has 2 aromatic carbocycles. The van der Waals surface area contributed by atoms with Crippen LogP contribution in [0, 0.1) is 11.6 Å². The zero-order valence-corrected chi connectivity index (χ0v) is 10.4. The molecule has 0 bridgehead atoms. The highest BCUT2D eigenvalue weighted by molar-refractivity contribution is 5.30. The summed E-state index contributed by atoms with van der Waals surface area (Å²) in [5.41, 5.74) is 6.92. The van der Waals surface area contributed by atoms with E-state index >= 15 is 0 Å². The lowest BCUT2D eigenvalue weighted by Gasteiger charge is -2.08. The quantitative estimate of drug-likeness (QED) is 0.899. The third-order valence-electron chi connectivity index (χ3n) is 2.66. The van der Waals surface area contributed by atoms with E-state index in [1.54, 1.807) is 18.2 Å². The smallest absolute Gasteiger partial charge is 0.127 e. The lowest BCUT2D eigenvalue weighted by Crippen LogP contribution is -2.04. The molecule has 0 spiro atoms. The molecule has 0 aliphatic carbocycles. The van der Waals surface area contributed by atoms with Crippen molar-refractivity contribution in [3.63, 3.8) is 0 Å². The molecule has 0 aliphatic rings. The molecule has 4 heteroatoms. The first-order valence-corrected chi connectivity index (χ1v) is 6.04. The molecule has 0 heterocycles. The number of benzene rings is 2. The van der Waals surface area contributed by atoms with Gasteiger partial charge in [-0.25, -0.2) is 8.78 Å². The molecule has 0 unspecified atom stereocenters. The molecule has 2 nitrogen and oxygen atoms in total. The Labute approximate surface area is 110 Å². The van der Waals surface area contributed by atoms with Gasteiger partial charge in [0, 0.05) is 6.07 Å². The van der Waals surface area contributed by atoms with Crippen LogP contribution in [0.2, 0.25) is 0 Å². The summed E-state index contributed by atoms with van der Waals surface area (Å²) in [5, 5.41) is 0. The van der Waals surface area contributed by atoms with E-state index in [1.165, 1.54) is 24.3 Å². The van der Waals surface area contributed by atoms with Crippen LogP contribution < -0.4 is 10.5 Å². The fourth-order valence-electron chi connectivity index (χ4n) is 1.81. The Morgan fingerprint density at radius 2 is 1.74 bits per heavy atom. The maximum atomic E-state index is 13.4. The normalized spacial score (nSPS) is 10.5. The van der Waals surface area contributed by atoms with Crippen molar-refractivity contribution in [3.8, 4) is 5.75 Å². The molecule has 19 heavy (non-hydrogen) atoms. The predicted molar refractivity (Wildman–Crippen MR) is 69.9 cm³/mol. The highest BCUT2D eigenvalue weighted by Crippen LogP contribution is 2.18. The zero-order chi connectivity index (χ0) is 13.7. The number of rotatable bonds is 5. The molecule has 0 radical (unpaired) electrons. The highest BCUT2D eigenvalue weighted by Gasteiger charge is 2.03. The Hall–Kier alpha value is -1.94. The van der Waals surface area contributed by atoms with Crippen LogP contribution in [0.1, 0.15) is 11.1 Å². The average molecular weight is 263 g/mol. The van der Waals surface area contributed by atoms with E-state index in [2.05, 4.69) is 0 Å². The SMILES string of the molecule is NCCc1cc(F)cc(OCc2cccc(F)c2)c1. The molecule has 2 N–H and O–H groups in total. The summed E-state index contributed by atoms with van der Waals surface area (Å²) < 4.78 is 31.8. The molecule has 0 atom stereocenters. The minimum atomic E-state index is -0.361. The maximum Gasteiger partial charge on any atom is 0.127 e. The number of hydrogen-bond acceptors (Lipinski definition) is 2. The molecule has 100 valence electrons. The van der Waals surface area contributed by atoms with E-state index in [9.17, 15) is 8.78 Å². The first kappa shape index (κ1) is 13.5. The van der Waals surface area contributed by atoms with E-state index in [1.807, 2.05) is 0 Å². The van der Waals surface area contributed by atoms with Gasteiger partial charge in [-0.2, -0.15) is 0 Å². The van der Waals surface area contributed by atoms with Gasteiger partial charge in [0.05, 0.1) is 0 Å². The number of nitrogens with two attached hydrogens (primary N) is 1. The third-order valence-corrected chi connectivity index (χ3v) is 2.66. The van der Waals surface area contributed by atoms with Crippen LogP contribution in [0.3, 0.4) is 0 Å². The molecule has 2 aromatic rings. The van der Waals surface area contributed by atoms with Crippen molar-refractivity contribution in [2.24, 2.45) is 5.73 Å². The predicted octanol–water partition coefficient (Wildman–Crippen LogP) is 3.05. The van der Waals surface area contributed by atoms with Gasteiger partial charge in [0.1, 0.15) is 24.0 Å². The molecular formula is C15H15F2NO. The summed E-state index contributed by atoms with van der Waals surface area (Å²) in [7, 11) is 0. The van der Waals surface area contributed by atoms with Crippen molar-refractivity contribution in [1.29, 1.82) is 0 Å². The maximum absolute atomic E-state index is 13.4. The van der Waals surface area contributed by atoms with Crippen LogP contribution >= 0.6 is 0 Å². The second kappa shape index (κ2) is 6.29. The number of ether oxygens (including phenoxy) is 1. The Morgan fingerprint density at radius 1 is 0.947 bits per heavy atom. The standard InChI is InChI=1S/C15H15F2NO/c16-13-3-1-2-12(7-13)10-19-15-8-11(4-5-18)6-14(17)9-15/h1-3,6-9H,4-5,10,18H2. The van der Waals surface area contributed by atoms with Gasteiger partial charge in [0.25, 0.3) is 0 Å². The van der Waals surface area contributed by atoms with Crippen molar-refractivity contribution in [2.75, 3.05) is 6.54 Å². The van der Waals surface area contributed by atoms with E-state index in [0.717, 1.165) is 5.56 Å². The molecule has 0 saturated carbocycles. The average Bonchev–Trinajstić information content (AvgIpc) is 2.36. The van der Waals surface area contributed by atoms with Gasteiger partial charge in [-0.15, -0.1) is 0 Å². The molecule has 0 aromatic heterocycles. The summed E-state index contributed by atoms with van der Waals surface area (Å²) in [6.07, 6.45) is 0.591. The Kier molecular flexibility index (Phi) is 4.47. The molecule has 2 rings (SSSR count). The van der Waals surface area contributed by atoms with E-state index in [-0.39, 0.29) is 18.2 Å². The first-order chi connectivity index (χ1) is 9.17. The Bertz CT molecular complexity index is 558. The molecule has 0 saturated heterocycles. The summed E-state index contributed by atoms with van der Waals surface area (Å²) >= 11 is 0. The summed E-state index contributed by atoms with van der Waals surface area (Å²) in [4.78, 5) is 0. The minimum Gasteiger partial charge on any atom is -0.489 e. The molecule has 0 fully saturated rings. The number of halogens is 2. The van der Waals surface area contributed by atoms with Crippen LogP contribution in [0.4, 0.5) is 8.78 Å². The Balaban J connectivity index is 2.06. The van der Waals surface area contributed by atoms with Crippen molar-refractivity contribution in [1.82, 2.24) is 0 Å². The van der Waals surface area contributed by atoms with Gasteiger partial charge >= 0.3 is 0 Å². The van der Waals surface area contributed by atoms with Crippen LogP contribution in [0.5, 0.6) is 5.75 Å². The van der Waals surface area contributed by atoms with Gasteiger partial charge in [-0.05, 0) is 48.4 Å². The molecule has 0 amide bonds. The largest absolute Gasteiger partial charge is 0.489 e. The second-order valence-corrected chi connectivity index (χ2v) is 4.25. The van der Waals surface area contributed by atoms with E-state index in [4.69, 9.17) is 10.5 Å². The van der Waals surface area contributed by atoms with Crippen molar-refractivity contribution in [2.45, 2.75) is 13.0 Å². The second-order valence-electron chi connectivity index (χ2n) is 4.25. The number of hydrogen-bond donors (Lipinski definition) is 1. The van der Waals surface area contributed by atoms with E-state index < -0.39 is 0 Å². The van der Waals surface area contributed by atoms with Crippen molar-refractivity contribution >= 4 is 0 Å². The minimum absolute atomic E-state index is 0.198. The van der Waals surface area contributed by atoms with Crippen LogP contribution in [0.15, 0.2) is 42.5 Å². The topological polar surface area (TPSA) is 35.2 Å². The highest BCUT2D eigenvalue weighted by atomic mass is 19.1. The van der Waals surface area contributed by atoms with Crippen molar-refractivity contribution in [3.05, 3.63) is 65.2 Å². The summed E-state index contributed by atoms with van der Waals surface area (Å²) in [6, 6.07) is 10.6. The van der Waals surface area contributed by atoms with Crippen LogP contribution in [-0.2, 0) is 13.0 Å². The fraction of sp³-hybridized carbons (Fsp3) is 0.200. The first-order valence-electron chi connectivity index (χ1n) is 6.04. The third kappa shape index (κ3) is 4.03. The van der Waals surface area contributed by atoms with E-state index in [0.29, 0.717) is 24.3 Å². The Morgan fingerprint density at radius 3 is 2.47 bits per heavy atom. The van der Waals surface area contributed by atoms with Crippen molar-refractivity contribution < 1.29 is 13.5 Å². The summed E-state index contributed by atoms with van der Waals surface area (Å²) in [5.74, 6) is -0.253. The van der Waals surface area contributed by atoms with Crippen LogP contribution in [-0.4, -0.2) is 6.54 Å².